The number of nitrogens with zero attached hydrogens (tertiary/aromatic N) is 3. The largest absolute Gasteiger partial charge is 0.480 e. The second-order valence-electron chi connectivity index (χ2n) is 5.76. The summed E-state index contributed by atoms with van der Waals surface area (Å²) in [5.74, 6) is -1.15. The zero-order chi connectivity index (χ0) is 17.0. The van der Waals surface area contributed by atoms with Gasteiger partial charge in [-0.05, 0) is 19.5 Å². The van der Waals surface area contributed by atoms with E-state index >= 15 is 0 Å². The first-order valence-corrected chi connectivity index (χ1v) is 8.94. The number of rotatable bonds is 6. The third kappa shape index (κ3) is 4.29. The summed E-state index contributed by atoms with van der Waals surface area (Å²) >= 11 is 0. The summed E-state index contributed by atoms with van der Waals surface area (Å²) in [6, 6.07) is 7.91. The monoisotopic (exact) mass is 341 g/mol. The van der Waals surface area contributed by atoms with Gasteiger partial charge in [0, 0.05) is 32.7 Å². The molecule has 0 spiro atoms. The third-order valence-corrected chi connectivity index (χ3v) is 6.11. The standard InChI is InChI=1S/C15H23N3O4S/c1-13(15(19)20)18(12-14-6-4-3-5-7-14)23(21,22)17-10-8-16(2)9-11-17/h3-7,13H,8-12H2,1-2H3,(H,19,20)/t13-/m0/s1. The Morgan fingerprint density at radius 2 is 1.78 bits per heavy atom. The van der Waals surface area contributed by atoms with Gasteiger partial charge < -0.3 is 10.0 Å². The fraction of sp³-hybridized carbons (Fsp3) is 0.533. The highest BCUT2D eigenvalue weighted by atomic mass is 32.2. The van der Waals surface area contributed by atoms with E-state index in [4.69, 9.17) is 0 Å². The predicted octanol–water partition coefficient (Wildman–Crippen LogP) is 0.454. The number of hydrogen-bond acceptors (Lipinski definition) is 4. The van der Waals surface area contributed by atoms with Crippen LogP contribution >= 0.6 is 0 Å². The molecule has 23 heavy (non-hydrogen) atoms. The Hall–Kier alpha value is -1.48. The predicted molar refractivity (Wildman–Crippen MR) is 87.1 cm³/mol. The molecule has 1 atom stereocenters. The molecule has 8 heteroatoms. The van der Waals surface area contributed by atoms with Gasteiger partial charge in [0.2, 0.25) is 0 Å². The minimum atomic E-state index is -3.83. The van der Waals surface area contributed by atoms with Gasteiger partial charge in [0.15, 0.2) is 0 Å². The highest BCUT2D eigenvalue weighted by Gasteiger charge is 2.37. The zero-order valence-electron chi connectivity index (χ0n) is 13.4. The van der Waals surface area contributed by atoms with Crippen LogP contribution in [0.3, 0.4) is 0 Å². The molecule has 1 aliphatic rings. The third-order valence-electron chi connectivity index (χ3n) is 4.06. The molecule has 7 nitrogen and oxygen atoms in total. The molecule has 128 valence electrons. The maximum Gasteiger partial charge on any atom is 0.321 e. The Kier molecular flexibility index (Phi) is 5.74. The lowest BCUT2D eigenvalue weighted by Crippen LogP contribution is -2.54. The SMILES string of the molecule is C[C@@H](C(=O)O)N(Cc1ccccc1)S(=O)(=O)N1CCN(C)CC1. The lowest BCUT2D eigenvalue weighted by atomic mass is 10.2. The summed E-state index contributed by atoms with van der Waals surface area (Å²) in [7, 11) is -1.89. The van der Waals surface area contributed by atoms with E-state index < -0.39 is 22.2 Å². The number of benzene rings is 1. The molecule has 1 aromatic rings. The second kappa shape index (κ2) is 7.39. The van der Waals surface area contributed by atoms with Gasteiger partial charge in [-0.15, -0.1) is 0 Å². The average molecular weight is 341 g/mol. The summed E-state index contributed by atoms with van der Waals surface area (Å²) in [5, 5.41) is 9.30. The van der Waals surface area contributed by atoms with Crippen LogP contribution in [0.15, 0.2) is 30.3 Å². The quantitative estimate of drug-likeness (QED) is 0.813. The summed E-state index contributed by atoms with van der Waals surface area (Å²) in [6.45, 7) is 3.47. The van der Waals surface area contributed by atoms with Crippen LogP contribution in [0.2, 0.25) is 0 Å². The Labute approximate surface area is 137 Å². The molecule has 1 fully saturated rings. The summed E-state index contributed by atoms with van der Waals surface area (Å²) in [6.07, 6.45) is 0. The average Bonchev–Trinajstić information content (AvgIpc) is 2.53. The summed E-state index contributed by atoms with van der Waals surface area (Å²) in [5.41, 5.74) is 0.762. The smallest absolute Gasteiger partial charge is 0.321 e. The number of likely N-dealkylation sites (N-methyl/N-ethyl adjacent to an activating group) is 1. The van der Waals surface area contributed by atoms with Crippen molar-refractivity contribution < 1.29 is 18.3 Å². The fourth-order valence-electron chi connectivity index (χ4n) is 2.47. The van der Waals surface area contributed by atoms with Gasteiger partial charge >= 0.3 is 5.97 Å². The molecule has 1 aliphatic heterocycles. The van der Waals surface area contributed by atoms with Crippen molar-refractivity contribution in [2.45, 2.75) is 19.5 Å². The molecule has 0 aromatic heterocycles. The Balaban J connectivity index is 2.26. The van der Waals surface area contributed by atoms with Gasteiger partial charge in [0.1, 0.15) is 6.04 Å². The molecule has 0 amide bonds. The van der Waals surface area contributed by atoms with Crippen molar-refractivity contribution in [2.75, 3.05) is 33.2 Å². The second-order valence-corrected chi connectivity index (χ2v) is 7.64. The van der Waals surface area contributed by atoms with Crippen molar-refractivity contribution in [3.63, 3.8) is 0 Å². The lowest BCUT2D eigenvalue weighted by molar-refractivity contribution is -0.141. The van der Waals surface area contributed by atoms with Gasteiger partial charge in [0.05, 0.1) is 0 Å². The van der Waals surface area contributed by atoms with Crippen molar-refractivity contribution >= 4 is 16.2 Å². The molecule has 1 N–H and O–H groups in total. The molecule has 2 rings (SSSR count). The van der Waals surface area contributed by atoms with E-state index in [0.29, 0.717) is 26.2 Å². The van der Waals surface area contributed by atoms with E-state index in [-0.39, 0.29) is 6.54 Å². The van der Waals surface area contributed by atoms with Crippen molar-refractivity contribution in [3.05, 3.63) is 35.9 Å². The van der Waals surface area contributed by atoms with Crippen LogP contribution in [-0.4, -0.2) is 72.3 Å². The summed E-state index contributed by atoms with van der Waals surface area (Å²) < 4.78 is 28.3. The molecule has 1 aromatic carbocycles. The highest BCUT2D eigenvalue weighted by molar-refractivity contribution is 7.86. The Morgan fingerprint density at radius 3 is 2.30 bits per heavy atom. The van der Waals surface area contributed by atoms with Crippen LogP contribution in [0.25, 0.3) is 0 Å². The number of carboxylic acid groups (broad SMARTS) is 1. The number of carbonyl (C=O) groups is 1. The number of piperazine rings is 1. The van der Waals surface area contributed by atoms with Gasteiger partial charge in [0.25, 0.3) is 10.2 Å². The first-order valence-electron chi connectivity index (χ1n) is 7.54. The molecular formula is C15H23N3O4S. The Bertz CT molecular complexity index is 627. The maximum atomic E-state index is 12.9. The zero-order valence-corrected chi connectivity index (χ0v) is 14.2. The van der Waals surface area contributed by atoms with Crippen LogP contribution in [0.4, 0.5) is 0 Å². The fourth-order valence-corrected chi connectivity index (χ4v) is 4.20. The molecule has 0 bridgehead atoms. The first kappa shape index (κ1) is 17.9. The van der Waals surface area contributed by atoms with Crippen LogP contribution in [0.5, 0.6) is 0 Å². The molecule has 1 heterocycles. The van der Waals surface area contributed by atoms with Crippen molar-refractivity contribution in [3.8, 4) is 0 Å². The van der Waals surface area contributed by atoms with Gasteiger partial charge in [-0.2, -0.15) is 17.0 Å². The van der Waals surface area contributed by atoms with Gasteiger partial charge in [-0.3, -0.25) is 4.79 Å². The van der Waals surface area contributed by atoms with E-state index in [0.717, 1.165) is 9.87 Å². The van der Waals surface area contributed by atoms with E-state index in [2.05, 4.69) is 0 Å². The molecule has 1 saturated heterocycles. The highest BCUT2D eigenvalue weighted by Crippen LogP contribution is 2.18. The number of hydrogen-bond donors (Lipinski definition) is 1. The topological polar surface area (TPSA) is 81.2 Å². The normalized spacial score (nSPS) is 18.9. The van der Waals surface area contributed by atoms with Crippen molar-refractivity contribution in [1.82, 2.24) is 13.5 Å². The van der Waals surface area contributed by atoms with Gasteiger partial charge in [-0.1, -0.05) is 30.3 Å². The molecule has 0 aliphatic carbocycles. The van der Waals surface area contributed by atoms with Crippen LogP contribution in [0.1, 0.15) is 12.5 Å². The molecule has 0 unspecified atom stereocenters. The van der Waals surface area contributed by atoms with E-state index in [9.17, 15) is 18.3 Å². The van der Waals surface area contributed by atoms with Gasteiger partial charge in [-0.25, -0.2) is 0 Å². The minimum Gasteiger partial charge on any atom is -0.480 e. The van der Waals surface area contributed by atoms with Crippen LogP contribution in [0, 0.1) is 0 Å². The Morgan fingerprint density at radius 1 is 1.22 bits per heavy atom. The van der Waals surface area contributed by atoms with Crippen LogP contribution < -0.4 is 0 Å². The molecule has 0 radical (unpaired) electrons. The van der Waals surface area contributed by atoms with Crippen molar-refractivity contribution in [1.29, 1.82) is 0 Å². The molecular weight excluding hydrogens is 318 g/mol. The van der Waals surface area contributed by atoms with E-state index in [1.165, 1.54) is 11.2 Å². The lowest BCUT2D eigenvalue weighted by Gasteiger charge is -2.36. The maximum absolute atomic E-state index is 12.9. The van der Waals surface area contributed by atoms with Crippen molar-refractivity contribution in [2.24, 2.45) is 0 Å². The first-order chi connectivity index (χ1) is 10.8. The summed E-state index contributed by atoms with van der Waals surface area (Å²) in [4.78, 5) is 13.4. The number of aliphatic carboxylic acids is 1. The molecule has 0 saturated carbocycles. The minimum absolute atomic E-state index is 0.0446. The van der Waals surface area contributed by atoms with Crippen LogP contribution in [-0.2, 0) is 21.5 Å². The number of carboxylic acids is 1. The van der Waals surface area contributed by atoms with E-state index in [1.807, 2.05) is 18.0 Å². The van der Waals surface area contributed by atoms with E-state index in [1.54, 1.807) is 24.3 Å².